The van der Waals surface area contributed by atoms with Crippen molar-refractivity contribution in [3.8, 4) is 0 Å². The second kappa shape index (κ2) is 15.4. The molecule has 0 fully saturated rings. The molecular weight excluding hydrogens is 917 g/mol. The molecule has 73 heavy (non-hydrogen) atoms. The molecule has 8 amide bonds. The summed E-state index contributed by atoms with van der Waals surface area (Å²) in [7, 11) is 0. The Kier molecular flexibility index (Phi) is 9.13. The molecule has 4 aliphatic heterocycles. The topological polar surface area (TPSA) is 150 Å². The van der Waals surface area contributed by atoms with Gasteiger partial charge in [0.05, 0.1) is 0 Å². The molecule has 0 bridgehead atoms. The van der Waals surface area contributed by atoms with Crippen LogP contribution in [-0.2, 0) is 0 Å². The lowest BCUT2D eigenvalue weighted by Crippen LogP contribution is -2.44. The van der Waals surface area contributed by atoms with Gasteiger partial charge < -0.3 is 0 Å². The Labute approximate surface area is 416 Å². The van der Waals surface area contributed by atoms with Crippen LogP contribution in [-0.4, -0.2) is 93.0 Å². The van der Waals surface area contributed by atoms with E-state index in [4.69, 9.17) is 0 Å². The Hall–Kier alpha value is -8.64. The van der Waals surface area contributed by atoms with E-state index in [1.165, 1.54) is 19.6 Å². The number of fused-ring (bicyclic) bond motifs is 4. The van der Waals surface area contributed by atoms with E-state index in [1.54, 1.807) is 48.5 Å². The fraction of sp³-hybridized carbons (Fsp3) is 0.213. The van der Waals surface area contributed by atoms with Gasteiger partial charge in [-0.3, -0.25) is 58.0 Å². The highest BCUT2D eigenvalue weighted by molar-refractivity contribution is 6.43. The van der Waals surface area contributed by atoms with Crippen molar-refractivity contribution in [1.29, 1.82) is 0 Å². The maximum absolute atomic E-state index is 14.5. The minimum Gasteiger partial charge on any atom is -0.274 e. The number of hydrogen-bond acceptors (Lipinski definition) is 8. The van der Waals surface area contributed by atoms with Crippen LogP contribution in [0.25, 0.3) is 86.2 Å². The largest absolute Gasteiger partial charge is 0.274 e. The normalized spacial score (nSPS) is 15.7. The van der Waals surface area contributed by atoms with Crippen LogP contribution >= 0.6 is 0 Å². The van der Waals surface area contributed by atoms with E-state index in [1.807, 2.05) is 48.5 Å². The van der Waals surface area contributed by atoms with Crippen LogP contribution in [0.3, 0.4) is 0 Å². The minimum atomic E-state index is -0.476. The standard InChI is InChI=1S/C61H44N4O8/c1-3-5-7-26-62-54(66)38-18-10-30-34-14-22-42-52-43(23-15-35(48(34)52)31-11-19-39(55(62)67)50(38)46(30)31)59(71)64(58(42)70)28-9-29-65-60(72)44-24-16-36-32-12-20-40-51-41(57(69)63(56(40)68)27-8-6-4-2)21-13-33(47(32)51)37-17-25-45(61(65)73)53(44)49(36)37/h10-25H,3-9,26-29H2,1-2H3. The summed E-state index contributed by atoms with van der Waals surface area (Å²) in [6.07, 6.45) is 5.36. The van der Waals surface area contributed by atoms with E-state index in [9.17, 15) is 38.4 Å². The highest BCUT2D eigenvalue weighted by Crippen LogP contribution is 2.48. The zero-order chi connectivity index (χ0) is 49.9. The van der Waals surface area contributed by atoms with Crippen molar-refractivity contribution in [1.82, 2.24) is 19.6 Å². The molecule has 0 saturated carbocycles. The second-order valence-corrected chi connectivity index (χ2v) is 20.1. The number of carbonyl (C=O) groups excluding carboxylic acids is 8. The lowest BCUT2D eigenvalue weighted by molar-refractivity contribution is 0.0565. The average Bonchev–Trinajstić information content (AvgIpc) is 3.40. The molecule has 0 aliphatic carbocycles. The molecule has 0 saturated heterocycles. The predicted molar refractivity (Wildman–Crippen MR) is 280 cm³/mol. The summed E-state index contributed by atoms with van der Waals surface area (Å²) in [6.45, 7) is 4.78. The number of unbranched alkanes of at least 4 members (excludes halogenated alkanes) is 4. The van der Waals surface area contributed by atoms with Crippen molar-refractivity contribution >= 4 is 133 Å². The summed E-state index contributed by atoms with van der Waals surface area (Å²) in [5, 5.41) is 11.9. The molecule has 0 spiro atoms. The van der Waals surface area contributed by atoms with E-state index >= 15 is 0 Å². The number of rotatable bonds is 12. The third kappa shape index (κ3) is 5.55. The highest BCUT2D eigenvalue weighted by atomic mass is 16.2. The first-order chi connectivity index (χ1) is 35.5. The molecule has 4 aliphatic rings. The smallest absolute Gasteiger partial charge is 0.261 e. The molecular formula is C61H44N4O8. The Morgan fingerprint density at radius 1 is 0.233 bits per heavy atom. The molecule has 12 nitrogen and oxygen atoms in total. The lowest BCUT2D eigenvalue weighted by atomic mass is 9.82. The predicted octanol–water partition coefficient (Wildman–Crippen LogP) is 11.6. The van der Waals surface area contributed by atoms with Crippen LogP contribution in [0.4, 0.5) is 0 Å². The number of nitrogens with zero attached hydrogens (tertiary/aromatic N) is 4. The molecule has 10 aromatic rings. The van der Waals surface area contributed by atoms with Crippen molar-refractivity contribution < 1.29 is 38.4 Å². The number of hydrogen-bond donors (Lipinski definition) is 0. The Bertz CT molecular complexity index is 3790. The third-order valence-electron chi connectivity index (χ3n) is 16.3. The van der Waals surface area contributed by atoms with E-state index in [0.29, 0.717) is 79.1 Å². The van der Waals surface area contributed by atoms with Crippen molar-refractivity contribution in [3.63, 3.8) is 0 Å². The molecule has 14 rings (SSSR count). The minimum absolute atomic E-state index is 0.0448. The summed E-state index contributed by atoms with van der Waals surface area (Å²) in [6, 6.07) is 29.2. The van der Waals surface area contributed by atoms with E-state index in [0.717, 1.165) is 103 Å². The number of carbonyl (C=O) groups is 8. The quantitative estimate of drug-likeness (QED) is 0.0508. The average molecular weight is 961 g/mol. The fourth-order valence-electron chi connectivity index (χ4n) is 13.0. The van der Waals surface area contributed by atoms with Crippen LogP contribution < -0.4 is 0 Å². The van der Waals surface area contributed by atoms with Crippen molar-refractivity contribution in [2.24, 2.45) is 0 Å². The van der Waals surface area contributed by atoms with Gasteiger partial charge in [-0.1, -0.05) is 88.1 Å². The van der Waals surface area contributed by atoms with E-state index in [-0.39, 0.29) is 43.1 Å². The fourth-order valence-corrected chi connectivity index (χ4v) is 13.0. The maximum Gasteiger partial charge on any atom is 0.261 e. The van der Waals surface area contributed by atoms with E-state index in [2.05, 4.69) is 13.8 Å². The van der Waals surface area contributed by atoms with Crippen LogP contribution in [0, 0.1) is 0 Å². The number of imide groups is 4. The molecule has 0 atom stereocenters. The first-order valence-electron chi connectivity index (χ1n) is 25.4. The number of amides is 8. The summed E-state index contributed by atoms with van der Waals surface area (Å²) in [4.78, 5) is 118. The van der Waals surface area contributed by atoms with Crippen LogP contribution in [0.5, 0.6) is 0 Å². The first-order valence-corrected chi connectivity index (χ1v) is 25.4. The number of benzene rings is 10. The molecule has 0 unspecified atom stereocenters. The maximum atomic E-state index is 14.5. The zero-order valence-electron chi connectivity index (χ0n) is 40.1. The van der Waals surface area contributed by atoms with Gasteiger partial charge in [-0.15, -0.1) is 0 Å². The molecule has 356 valence electrons. The van der Waals surface area contributed by atoms with Gasteiger partial charge in [0.15, 0.2) is 0 Å². The monoisotopic (exact) mass is 960 g/mol. The summed E-state index contributed by atoms with van der Waals surface area (Å²) >= 11 is 0. The Morgan fingerprint density at radius 2 is 0.411 bits per heavy atom. The molecule has 0 radical (unpaired) electrons. The van der Waals surface area contributed by atoms with Crippen molar-refractivity contribution in [2.75, 3.05) is 26.2 Å². The summed E-state index contributed by atoms with van der Waals surface area (Å²) in [5.41, 5.74) is 3.38. The van der Waals surface area contributed by atoms with Gasteiger partial charge in [0.2, 0.25) is 0 Å². The van der Waals surface area contributed by atoms with Gasteiger partial charge in [-0.25, -0.2) is 0 Å². The first kappa shape index (κ1) is 43.2. The highest BCUT2D eigenvalue weighted by Gasteiger charge is 2.40. The molecule has 0 N–H and O–H groups in total. The lowest BCUT2D eigenvalue weighted by Gasteiger charge is -2.31. The third-order valence-corrected chi connectivity index (χ3v) is 16.3. The zero-order valence-corrected chi connectivity index (χ0v) is 40.1. The summed E-state index contributed by atoms with van der Waals surface area (Å²) < 4.78 is 0. The molecule has 0 aromatic heterocycles. The molecule has 12 heteroatoms. The van der Waals surface area contributed by atoms with Gasteiger partial charge in [0.25, 0.3) is 47.3 Å². The second-order valence-electron chi connectivity index (χ2n) is 20.1. The van der Waals surface area contributed by atoms with Crippen LogP contribution in [0.15, 0.2) is 97.1 Å². The molecule has 4 heterocycles. The van der Waals surface area contributed by atoms with Crippen LogP contribution in [0.2, 0.25) is 0 Å². The summed E-state index contributed by atoms with van der Waals surface area (Å²) in [5.74, 6) is -3.12. The SMILES string of the molecule is CCCCCN1C(=O)c2ccc3c4ccc5c6c(ccc(c7ccc(c2c37)C1=O)c64)C(=O)N(CCCN1C(=O)c2ccc3c4ccc6c7c(ccc(c8ccc(c2c38)C1=O)c74)C(=O)N(CCCCC)C6=O)C5=O. The van der Waals surface area contributed by atoms with Gasteiger partial charge in [-0.2, -0.15) is 0 Å². The Morgan fingerprint density at radius 3 is 0.589 bits per heavy atom. The van der Waals surface area contributed by atoms with Gasteiger partial charge in [0, 0.05) is 92.2 Å². The van der Waals surface area contributed by atoms with Gasteiger partial charge in [0.1, 0.15) is 0 Å². The van der Waals surface area contributed by atoms with Crippen molar-refractivity contribution in [3.05, 3.63) is 142 Å². The van der Waals surface area contributed by atoms with Crippen LogP contribution in [0.1, 0.15) is 142 Å². The molecule has 10 aromatic carbocycles. The van der Waals surface area contributed by atoms with Gasteiger partial charge >= 0.3 is 0 Å². The van der Waals surface area contributed by atoms with Gasteiger partial charge in [-0.05, 0) is 132 Å². The van der Waals surface area contributed by atoms with Crippen molar-refractivity contribution in [2.45, 2.75) is 58.8 Å². The van der Waals surface area contributed by atoms with E-state index < -0.39 is 23.6 Å². The Balaban J connectivity index is 0.767.